The average Bonchev–Trinajstić information content (AvgIpc) is 3.06. The minimum atomic E-state index is 0.410. The molecule has 0 bridgehead atoms. The maximum atomic E-state index is 6.37. The van der Waals surface area contributed by atoms with Crippen LogP contribution in [0.5, 0.6) is 5.75 Å². The lowest BCUT2D eigenvalue weighted by Crippen LogP contribution is -2.11. The lowest BCUT2D eigenvalue weighted by molar-refractivity contribution is 0.287. The molecule has 4 aromatic rings. The summed E-state index contributed by atoms with van der Waals surface area (Å²) in [5.74, 6) is 2.32. The number of ether oxygens (including phenoxy) is 1. The number of benzene rings is 3. The van der Waals surface area contributed by atoms with Gasteiger partial charge in [-0.25, -0.2) is 4.98 Å². The van der Waals surface area contributed by atoms with Gasteiger partial charge in [0.05, 0.1) is 11.0 Å². The molecule has 0 N–H and O–H groups in total. The fourth-order valence-electron chi connectivity index (χ4n) is 4.42. The van der Waals surface area contributed by atoms with E-state index in [0.29, 0.717) is 12.5 Å². The fourth-order valence-corrected chi connectivity index (χ4v) is 4.42. The molecule has 0 saturated heterocycles. The van der Waals surface area contributed by atoms with Gasteiger partial charge in [0, 0.05) is 6.54 Å². The van der Waals surface area contributed by atoms with Gasteiger partial charge in [-0.15, -0.1) is 0 Å². The highest BCUT2D eigenvalue weighted by atomic mass is 16.5. The summed E-state index contributed by atoms with van der Waals surface area (Å²) in [6, 6.07) is 19.3. The second-order valence-electron chi connectivity index (χ2n) is 8.96. The highest BCUT2D eigenvalue weighted by Gasteiger charge is 2.15. The molecule has 1 aromatic heterocycles. The minimum absolute atomic E-state index is 0.410. The van der Waals surface area contributed by atoms with Crippen LogP contribution < -0.4 is 4.74 Å². The van der Waals surface area contributed by atoms with Gasteiger partial charge < -0.3 is 9.30 Å². The van der Waals surface area contributed by atoms with Gasteiger partial charge in [-0.3, -0.25) is 0 Å². The van der Waals surface area contributed by atoms with Crippen LogP contribution in [0.4, 0.5) is 0 Å². The van der Waals surface area contributed by atoms with Crippen molar-refractivity contribution in [1.29, 1.82) is 0 Å². The van der Waals surface area contributed by atoms with Gasteiger partial charge in [-0.05, 0) is 79.6 Å². The minimum Gasteiger partial charge on any atom is -0.485 e. The lowest BCUT2D eigenvalue weighted by atomic mass is 9.99. The first-order chi connectivity index (χ1) is 14.8. The number of aryl methyl sites for hydroxylation is 4. The van der Waals surface area contributed by atoms with Crippen LogP contribution in [0.25, 0.3) is 11.0 Å². The van der Waals surface area contributed by atoms with E-state index in [1.54, 1.807) is 0 Å². The lowest BCUT2D eigenvalue weighted by Gasteiger charge is -2.17. The zero-order valence-electron chi connectivity index (χ0n) is 19.5. The first kappa shape index (κ1) is 21.2. The summed E-state index contributed by atoms with van der Waals surface area (Å²) in [6.07, 6.45) is 0. The molecule has 4 rings (SSSR count). The van der Waals surface area contributed by atoms with Crippen LogP contribution in [0.15, 0.2) is 54.6 Å². The largest absolute Gasteiger partial charge is 0.485 e. The third-order valence-corrected chi connectivity index (χ3v) is 6.04. The molecular formula is C28H32N2O. The molecule has 0 aliphatic carbocycles. The van der Waals surface area contributed by atoms with Crippen molar-refractivity contribution in [1.82, 2.24) is 9.55 Å². The van der Waals surface area contributed by atoms with Crippen molar-refractivity contribution < 1.29 is 4.74 Å². The van der Waals surface area contributed by atoms with Crippen LogP contribution in [0.3, 0.4) is 0 Å². The Balaban J connectivity index is 1.72. The maximum Gasteiger partial charge on any atom is 0.148 e. The quantitative estimate of drug-likeness (QED) is 0.340. The summed E-state index contributed by atoms with van der Waals surface area (Å²) in [5.41, 5.74) is 9.90. The number of aromatic nitrogens is 2. The highest BCUT2D eigenvalue weighted by Crippen LogP contribution is 2.29. The first-order valence-electron chi connectivity index (χ1n) is 11.1. The van der Waals surface area contributed by atoms with Crippen molar-refractivity contribution in [3.63, 3.8) is 0 Å². The third-order valence-electron chi connectivity index (χ3n) is 6.04. The summed E-state index contributed by atoms with van der Waals surface area (Å²) < 4.78 is 8.68. The molecule has 0 amide bonds. The van der Waals surface area contributed by atoms with Crippen molar-refractivity contribution >= 4 is 11.0 Å². The molecule has 0 aliphatic heterocycles. The summed E-state index contributed by atoms with van der Waals surface area (Å²) in [4.78, 5) is 4.94. The van der Waals surface area contributed by atoms with E-state index in [1.165, 1.54) is 33.4 Å². The molecular weight excluding hydrogens is 380 g/mol. The first-order valence-corrected chi connectivity index (χ1v) is 11.1. The maximum absolute atomic E-state index is 6.37. The molecule has 0 unspecified atom stereocenters. The van der Waals surface area contributed by atoms with E-state index in [4.69, 9.17) is 9.72 Å². The Hall–Kier alpha value is -3.07. The van der Waals surface area contributed by atoms with E-state index >= 15 is 0 Å². The second-order valence-corrected chi connectivity index (χ2v) is 8.96. The summed E-state index contributed by atoms with van der Waals surface area (Å²) in [6.45, 7) is 14.3. The molecule has 160 valence electrons. The van der Waals surface area contributed by atoms with Crippen LogP contribution >= 0.6 is 0 Å². The molecule has 1 heterocycles. The zero-order chi connectivity index (χ0) is 22.1. The monoisotopic (exact) mass is 412 g/mol. The smallest absolute Gasteiger partial charge is 0.148 e. The molecule has 3 aromatic carbocycles. The molecule has 0 atom stereocenters. The van der Waals surface area contributed by atoms with Crippen LogP contribution in [0, 0.1) is 27.7 Å². The van der Waals surface area contributed by atoms with Gasteiger partial charge in [0.1, 0.15) is 18.2 Å². The molecule has 0 aliphatic rings. The van der Waals surface area contributed by atoms with E-state index < -0.39 is 0 Å². The Morgan fingerprint density at radius 3 is 2.29 bits per heavy atom. The van der Waals surface area contributed by atoms with Gasteiger partial charge in [-0.1, -0.05) is 55.8 Å². The fraction of sp³-hybridized carbons (Fsp3) is 0.321. The van der Waals surface area contributed by atoms with E-state index in [0.717, 1.165) is 29.2 Å². The van der Waals surface area contributed by atoms with E-state index in [-0.39, 0.29) is 0 Å². The normalized spacial score (nSPS) is 11.5. The number of imidazole rings is 1. The van der Waals surface area contributed by atoms with Crippen molar-refractivity contribution in [2.24, 2.45) is 0 Å². The number of rotatable bonds is 6. The van der Waals surface area contributed by atoms with Gasteiger partial charge in [0.25, 0.3) is 0 Å². The number of para-hydroxylation sites is 2. The van der Waals surface area contributed by atoms with Gasteiger partial charge in [-0.2, -0.15) is 0 Å². The van der Waals surface area contributed by atoms with Crippen molar-refractivity contribution in [3.05, 3.63) is 93.8 Å². The Labute approximate surface area is 185 Å². The Morgan fingerprint density at radius 1 is 0.871 bits per heavy atom. The molecule has 0 radical (unpaired) electrons. The number of fused-ring (bicyclic) bond motifs is 1. The van der Waals surface area contributed by atoms with Crippen LogP contribution in [-0.2, 0) is 13.2 Å². The van der Waals surface area contributed by atoms with E-state index in [1.807, 2.05) is 6.07 Å². The van der Waals surface area contributed by atoms with Gasteiger partial charge in [0.2, 0.25) is 0 Å². The molecule has 0 spiro atoms. The second kappa shape index (κ2) is 8.58. The van der Waals surface area contributed by atoms with Crippen molar-refractivity contribution in [3.8, 4) is 5.75 Å². The average molecular weight is 413 g/mol. The molecule has 3 heteroatoms. The SMILES string of the molecule is Cc1cc(C)c(Cn2c(COc3cc(C)ccc3C(C)C)nc3ccccc32)c(C)c1. The summed E-state index contributed by atoms with van der Waals surface area (Å²) >= 11 is 0. The van der Waals surface area contributed by atoms with Crippen molar-refractivity contribution in [2.75, 3.05) is 0 Å². The Kier molecular flexibility index (Phi) is 5.86. The third kappa shape index (κ3) is 4.36. The van der Waals surface area contributed by atoms with E-state index in [2.05, 4.69) is 94.6 Å². The number of nitrogens with zero attached hydrogens (tertiary/aromatic N) is 2. The summed E-state index contributed by atoms with van der Waals surface area (Å²) in [5, 5.41) is 0. The van der Waals surface area contributed by atoms with Crippen LogP contribution in [0.2, 0.25) is 0 Å². The van der Waals surface area contributed by atoms with Crippen molar-refractivity contribution in [2.45, 2.75) is 60.6 Å². The topological polar surface area (TPSA) is 27.1 Å². The molecule has 31 heavy (non-hydrogen) atoms. The van der Waals surface area contributed by atoms with E-state index in [9.17, 15) is 0 Å². The summed E-state index contributed by atoms with van der Waals surface area (Å²) in [7, 11) is 0. The highest BCUT2D eigenvalue weighted by molar-refractivity contribution is 5.76. The molecule has 3 nitrogen and oxygen atoms in total. The van der Waals surface area contributed by atoms with Gasteiger partial charge in [0.15, 0.2) is 0 Å². The predicted molar refractivity (Wildman–Crippen MR) is 129 cm³/mol. The van der Waals surface area contributed by atoms with Gasteiger partial charge >= 0.3 is 0 Å². The Morgan fingerprint density at radius 2 is 1.58 bits per heavy atom. The predicted octanol–water partition coefficient (Wildman–Crippen LogP) is 7.02. The number of hydrogen-bond donors (Lipinski definition) is 0. The standard InChI is InChI=1S/C28H32N2O/c1-18(2)23-12-11-19(3)15-27(23)31-17-28-29-25-9-7-8-10-26(25)30(28)16-24-21(5)13-20(4)14-22(24)6/h7-15,18H,16-17H2,1-6H3. The molecule has 0 saturated carbocycles. The molecule has 0 fully saturated rings. The van der Waals surface area contributed by atoms with Crippen LogP contribution in [-0.4, -0.2) is 9.55 Å². The zero-order valence-corrected chi connectivity index (χ0v) is 19.5. The van der Waals surface area contributed by atoms with Crippen LogP contribution in [0.1, 0.15) is 59.0 Å². The number of hydrogen-bond acceptors (Lipinski definition) is 2. The Bertz CT molecular complexity index is 1210.